The Hall–Kier alpha value is -4.82. The van der Waals surface area contributed by atoms with Crippen LogP contribution in [0, 0.1) is 0 Å². The molecule has 0 unspecified atom stereocenters. The number of alkyl halides is 3. The maximum Gasteiger partial charge on any atom is 0.471 e. The number of carbonyl (C=O) groups is 1. The molecule has 5 aromatic rings. The van der Waals surface area contributed by atoms with E-state index < -0.39 is 20.0 Å². The standard InChI is InChI=1S/C30H30ClF3N11O2P/c1-43-16-17(14-38-43)18-13-22(27(47-2)42-26(18)44-9-11-45(12-10-44)28(46)30(32,33)34)40-29-37-15-19(31)25(41-29)39-21-6-5-20-23(24(21)48(3)4)36-8-7-35-20/h5-8,13-16H,9-12H2,1-4H3,(H2,37,39,40,41). The van der Waals surface area contributed by atoms with Crippen LogP contribution in [0.5, 0.6) is 5.88 Å². The second-order valence-corrected chi connectivity index (χ2v) is 13.7. The highest BCUT2D eigenvalue weighted by Crippen LogP contribution is 2.39. The average molecular weight is 700 g/mol. The number of piperazine rings is 1. The monoisotopic (exact) mass is 699 g/mol. The third kappa shape index (κ3) is 6.76. The zero-order chi connectivity index (χ0) is 34.2. The van der Waals surface area contributed by atoms with Gasteiger partial charge in [0.1, 0.15) is 16.5 Å². The third-order valence-electron chi connectivity index (χ3n) is 7.59. The fraction of sp³-hybridized carbons (Fsp3) is 0.300. The first-order valence-electron chi connectivity index (χ1n) is 14.6. The molecule has 0 bridgehead atoms. The zero-order valence-corrected chi connectivity index (χ0v) is 27.9. The van der Waals surface area contributed by atoms with Crippen LogP contribution in [0.25, 0.3) is 22.2 Å². The van der Waals surface area contributed by atoms with Gasteiger partial charge in [0.15, 0.2) is 5.82 Å². The van der Waals surface area contributed by atoms with Crippen LogP contribution >= 0.6 is 19.5 Å². The Balaban J connectivity index is 1.32. The molecule has 18 heteroatoms. The number of aryl methyl sites for hydroxylation is 1. The van der Waals surface area contributed by atoms with Crippen molar-refractivity contribution < 1.29 is 22.7 Å². The maximum atomic E-state index is 13.1. The Morgan fingerprint density at radius 1 is 1.00 bits per heavy atom. The second-order valence-electron chi connectivity index (χ2n) is 11.0. The molecule has 48 heavy (non-hydrogen) atoms. The lowest BCUT2D eigenvalue weighted by atomic mass is 10.1. The summed E-state index contributed by atoms with van der Waals surface area (Å²) in [4.78, 5) is 37.2. The average Bonchev–Trinajstić information content (AvgIpc) is 3.51. The Bertz CT molecular complexity index is 1980. The lowest BCUT2D eigenvalue weighted by Gasteiger charge is -2.36. The number of carbonyl (C=O) groups excluding carboxylic acids is 1. The van der Waals surface area contributed by atoms with Crippen molar-refractivity contribution in [3.8, 4) is 17.0 Å². The lowest BCUT2D eigenvalue weighted by molar-refractivity contribution is -0.185. The van der Waals surface area contributed by atoms with E-state index in [1.54, 1.807) is 42.6 Å². The number of benzene rings is 1. The number of amides is 1. The van der Waals surface area contributed by atoms with E-state index in [0.29, 0.717) is 33.5 Å². The van der Waals surface area contributed by atoms with Crippen molar-refractivity contribution in [1.29, 1.82) is 0 Å². The van der Waals surface area contributed by atoms with E-state index in [1.807, 2.05) is 17.0 Å². The van der Waals surface area contributed by atoms with Crippen LogP contribution in [0.4, 0.5) is 42.1 Å². The fourth-order valence-electron chi connectivity index (χ4n) is 5.39. The molecule has 0 spiro atoms. The topological polar surface area (TPSA) is 139 Å². The normalized spacial score (nSPS) is 13.7. The number of nitrogens with zero attached hydrogens (tertiary/aromatic N) is 9. The molecule has 1 fully saturated rings. The predicted molar refractivity (Wildman–Crippen MR) is 179 cm³/mol. The summed E-state index contributed by atoms with van der Waals surface area (Å²) in [6, 6.07) is 5.59. The zero-order valence-electron chi connectivity index (χ0n) is 26.2. The minimum Gasteiger partial charge on any atom is -0.479 e. The van der Waals surface area contributed by atoms with Gasteiger partial charge in [-0.15, -0.1) is 0 Å². The largest absolute Gasteiger partial charge is 0.479 e. The molecule has 1 aliphatic heterocycles. The molecule has 4 aromatic heterocycles. The first-order chi connectivity index (χ1) is 22.9. The molecule has 0 atom stereocenters. The summed E-state index contributed by atoms with van der Waals surface area (Å²) in [6.07, 6.45) is 3.31. The number of hydrogen-bond acceptors (Lipinski definition) is 11. The number of rotatable bonds is 8. The lowest BCUT2D eigenvalue weighted by Crippen LogP contribution is -2.52. The number of fused-ring (bicyclic) bond motifs is 1. The van der Waals surface area contributed by atoms with Crippen molar-refractivity contribution in [2.75, 3.05) is 62.2 Å². The van der Waals surface area contributed by atoms with Crippen molar-refractivity contribution in [2.45, 2.75) is 6.18 Å². The Kier molecular flexibility index (Phi) is 9.21. The van der Waals surface area contributed by atoms with Crippen molar-refractivity contribution in [3.63, 3.8) is 0 Å². The van der Waals surface area contributed by atoms with Crippen molar-refractivity contribution >= 4 is 70.7 Å². The number of anilines is 5. The minimum atomic E-state index is -4.93. The Morgan fingerprint density at radius 3 is 2.42 bits per heavy atom. The summed E-state index contributed by atoms with van der Waals surface area (Å²) in [5.74, 6) is -0.641. The summed E-state index contributed by atoms with van der Waals surface area (Å²) in [6.45, 7) is 4.28. The molecule has 250 valence electrons. The van der Waals surface area contributed by atoms with Crippen LogP contribution in [0.2, 0.25) is 5.02 Å². The Morgan fingerprint density at radius 2 is 1.75 bits per heavy atom. The van der Waals surface area contributed by atoms with Gasteiger partial charge in [-0.3, -0.25) is 19.4 Å². The Labute approximate surface area is 279 Å². The van der Waals surface area contributed by atoms with Gasteiger partial charge in [-0.1, -0.05) is 19.5 Å². The third-order valence-corrected chi connectivity index (χ3v) is 9.21. The number of nitrogens with one attached hydrogen (secondary N) is 2. The van der Waals surface area contributed by atoms with Crippen molar-refractivity contribution in [3.05, 3.63) is 54.2 Å². The summed E-state index contributed by atoms with van der Waals surface area (Å²) < 4.78 is 46.4. The first kappa shape index (κ1) is 33.1. The van der Waals surface area contributed by atoms with Crippen LogP contribution in [-0.4, -0.2) is 98.3 Å². The minimum absolute atomic E-state index is 0.118. The van der Waals surface area contributed by atoms with Gasteiger partial charge < -0.3 is 25.2 Å². The summed E-state index contributed by atoms with van der Waals surface area (Å²) in [7, 11) is 2.63. The smallest absolute Gasteiger partial charge is 0.471 e. The van der Waals surface area contributed by atoms with Gasteiger partial charge in [-0.05, 0) is 31.5 Å². The quantitative estimate of drug-likeness (QED) is 0.213. The van der Waals surface area contributed by atoms with Gasteiger partial charge >= 0.3 is 12.1 Å². The van der Waals surface area contributed by atoms with Gasteiger partial charge in [0, 0.05) is 73.9 Å². The van der Waals surface area contributed by atoms with Gasteiger partial charge in [0.05, 0.1) is 30.5 Å². The fourth-order valence-corrected chi connectivity index (χ4v) is 6.73. The molecule has 0 radical (unpaired) electrons. The van der Waals surface area contributed by atoms with E-state index >= 15 is 0 Å². The van der Waals surface area contributed by atoms with Gasteiger partial charge in [-0.2, -0.15) is 28.2 Å². The van der Waals surface area contributed by atoms with Crippen LogP contribution < -0.4 is 25.6 Å². The maximum absolute atomic E-state index is 13.1. The predicted octanol–water partition coefficient (Wildman–Crippen LogP) is 4.94. The van der Waals surface area contributed by atoms with E-state index in [2.05, 4.69) is 49.0 Å². The molecule has 1 saturated heterocycles. The van der Waals surface area contributed by atoms with E-state index in [1.165, 1.54) is 13.3 Å². The molecule has 5 heterocycles. The summed E-state index contributed by atoms with van der Waals surface area (Å²) in [5, 5.41) is 12.1. The highest BCUT2D eigenvalue weighted by molar-refractivity contribution is 7.65. The number of methoxy groups -OCH3 is 1. The molecular weight excluding hydrogens is 670 g/mol. The van der Waals surface area contributed by atoms with Crippen LogP contribution in [0.3, 0.4) is 0 Å². The van der Waals surface area contributed by atoms with E-state index in [-0.39, 0.29) is 38.0 Å². The van der Waals surface area contributed by atoms with Crippen molar-refractivity contribution in [1.82, 2.24) is 39.6 Å². The van der Waals surface area contributed by atoms with Crippen molar-refractivity contribution in [2.24, 2.45) is 7.05 Å². The van der Waals surface area contributed by atoms with Gasteiger partial charge in [0.25, 0.3) is 0 Å². The van der Waals surface area contributed by atoms with Crippen LogP contribution in [0.1, 0.15) is 0 Å². The highest BCUT2D eigenvalue weighted by atomic mass is 35.5. The molecule has 0 saturated carbocycles. The molecule has 2 N–H and O–H groups in total. The number of pyridine rings is 1. The molecule has 13 nitrogen and oxygen atoms in total. The summed E-state index contributed by atoms with van der Waals surface area (Å²) >= 11 is 6.55. The second kappa shape index (κ2) is 13.4. The van der Waals surface area contributed by atoms with E-state index in [9.17, 15) is 18.0 Å². The molecular formula is C30H30ClF3N11O2P. The van der Waals surface area contributed by atoms with Gasteiger partial charge in [0.2, 0.25) is 11.8 Å². The highest BCUT2D eigenvalue weighted by Gasteiger charge is 2.43. The SMILES string of the molecule is COc1nc(N2CCN(C(=O)C(F)(F)F)CC2)c(-c2cnn(C)c2)cc1Nc1ncc(Cl)c(Nc2ccc3nccnc3c2P(C)C)n1. The summed E-state index contributed by atoms with van der Waals surface area (Å²) in [5.41, 5.74) is 4.15. The molecule has 6 rings (SSSR count). The molecule has 1 amide bonds. The van der Waals surface area contributed by atoms with E-state index in [0.717, 1.165) is 26.9 Å². The number of aromatic nitrogens is 7. The van der Waals surface area contributed by atoms with Crippen LogP contribution in [-0.2, 0) is 11.8 Å². The van der Waals surface area contributed by atoms with Crippen LogP contribution in [0.15, 0.2) is 49.2 Å². The van der Waals surface area contributed by atoms with Gasteiger partial charge in [-0.25, -0.2) is 4.98 Å². The molecule has 1 aliphatic rings. The number of hydrogen-bond donors (Lipinski definition) is 2. The first-order valence-corrected chi connectivity index (χ1v) is 17.2. The molecule has 0 aliphatic carbocycles. The number of ether oxygens (including phenoxy) is 1. The number of halogens is 4. The molecule has 1 aromatic carbocycles. The van der Waals surface area contributed by atoms with E-state index in [4.69, 9.17) is 21.3 Å².